The average Bonchev–Trinajstić information content (AvgIpc) is 2.38. The Hall–Kier alpha value is -1.83. The Balaban J connectivity index is 2.55. The number of urea groups is 1. The van der Waals surface area contributed by atoms with Gasteiger partial charge in [-0.3, -0.25) is 4.79 Å². The highest BCUT2D eigenvalue weighted by atomic mass is 32.2. The first kappa shape index (κ1) is 16.2. The maximum atomic E-state index is 12.4. The molecule has 0 spiro atoms. The Morgan fingerprint density at radius 1 is 1.25 bits per heavy atom. The van der Waals surface area contributed by atoms with E-state index in [4.69, 9.17) is 0 Å². The first-order valence-electron chi connectivity index (χ1n) is 5.88. The van der Waals surface area contributed by atoms with Gasteiger partial charge in [0.25, 0.3) is 5.76 Å². The van der Waals surface area contributed by atoms with E-state index in [1.807, 2.05) is 0 Å². The van der Waals surface area contributed by atoms with Crippen molar-refractivity contribution in [3.05, 3.63) is 24.3 Å². The lowest BCUT2D eigenvalue weighted by molar-refractivity contribution is -0.119. The number of likely N-dealkylation sites (N-methyl/N-ethyl adjacent to an activating group) is 1. The standard InChI is InChI=1S/C12H15F2N3O2S/c1-2-15-10(18)7-16-12(19)17-8-5-3-4-6-9(8)20-11(13)14/h3-6,11H,2,7H2,1H3,(H,15,18)(H2,16,17,19). The molecule has 0 saturated heterocycles. The second kappa shape index (κ2) is 8.36. The van der Waals surface area contributed by atoms with E-state index in [9.17, 15) is 18.4 Å². The van der Waals surface area contributed by atoms with Gasteiger partial charge in [-0.05, 0) is 19.1 Å². The third-order valence-corrected chi connectivity index (χ3v) is 2.92. The molecule has 5 nitrogen and oxygen atoms in total. The van der Waals surface area contributed by atoms with Crippen LogP contribution >= 0.6 is 11.8 Å². The van der Waals surface area contributed by atoms with E-state index in [0.717, 1.165) is 0 Å². The fraction of sp³-hybridized carbons (Fsp3) is 0.333. The molecule has 3 amide bonds. The minimum Gasteiger partial charge on any atom is -0.355 e. The van der Waals surface area contributed by atoms with Crippen LogP contribution in [0.2, 0.25) is 0 Å². The van der Waals surface area contributed by atoms with Crippen molar-refractivity contribution >= 4 is 29.4 Å². The monoisotopic (exact) mass is 303 g/mol. The van der Waals surface area contributed by atoms with Crippen molar-refractivity contribution in [2.24, 2.45) is 0 Å². The van der Waals surface area contributed by atoms with Crippen molar-refractivity contribution in [1.29, 1.82) is 0 Å². The highest BCUT2D eigenvalue weighted by Crippen LogP contribution is 2.31. The molecule has 3 N–H and O–H groups in total. The van der Waals surface area contributed by atoms with E-state index in [0.29, 0.717) is 18.3 Å². The summed E-state index contributed by atoms with van der Waals surface area (Å²) < 4.78 is 24.7. The molecule has 0 aromatic heterocycles. The highest BCUT2D eigenvalue weighted by molar-refractivity contribution is 7.99. The summed E-state index contributed by atoms with van der Waals surface area (Å²) in [7, 11) is 0. The number of hydrogen-bond acceptors (Lipinski definition) is 3. The zero-order chi connectivity index (χ0) is 15.0. The molecule has 0 unspecified atom stereocenters. The number of anilines is 1. The molecule has 20 heavy (non-hydrogen) atoms. The number of alkyl halides is 2. The predicted molar refractivity (Wildman–Crippen MR) is 74.0 cm³/mol. The summed E-state index contributed by atoms with van der Waals surface area (Å²) in [6.07, 6.45) is 0. The van der Waals surface area contributed by atoms with E-state index in [1.165, 1.54) is 12.1 Å². The van der Waals surface area contributed by atoms with Gasteiger partial charge in [-0.15, -0.1) is 0 Å². The van der Waals surface area contributed by atoms with E-state index >= 15 is 0 Å². The molecule has 0 fully saturated rings. The molecule has 0 aliphatic carbocycles. The average molecular weight is 303 g/mol. The lowest BCUT2D eigenvalue weighted by Crippen LogP contribution is -2.38. The molecule has 1 aromatic rings. The number of para-hydroxylation sites is 1. The van der Waals surface area contributed by atoms with Gasteiger partial charge in [0.1, 0.15) is 0 Å². The number of thioether (sulfide) groups is 1. The Kier molecular flexibility index (Phi) is 6.78. The minimum absolute atomic E-state index is 0.177. The molecule has 0 aliphatic rings. The molecule has 0 aliphatic heterocycles. The fourth-order valence-corrected chi connectivity index (χ4v) is 1.95. The molecule has 8 heteroatoms. The fourth-order valence-electron chi connectivity index (χ4n) is 1.36. The van der Waals surface area contributed by atoms with Gasteiger partial charge < -0.3 is 16.0 Å². The number of carbonyl (C=O) groups is 2. The van der Waals surface area contributed by atoms with E-state index < -0.39 is 11.8 Å². The van der Waals surface area contributed by atoms with Gasteiger partial charge in [0.15, 0.2) is 0 Å². The normalized spacial score (nSPS) is 10.2. The molecule has 1 rings (SSSR count). The van der Waals surface area contributed by atoms with Crippen molar-refractivity contribution in [2.75, 3.05) is 18.4 Å². The maximum Gasteiger partial charge on any atom is 0.319 e. The van der Waals surface area contributed by atoms with Crippen LogP contribution in [0.25, 0.3) is 0 Å². The van der Waals surface area contributed by atoms with Gasteiger partial charge in [0, 0.05) is 11.4 Å². The SMILES string of the molecule is CCNC(=O)CNC(=O)Nc1ccccc1SC(F)F. The molecule has 1 aromatic carbocycles. The van der Waals surface area contributed by atoms with Crippen LogP contribution in [-0.4, -0.2) is 30.8 Å². The van der Waals surface area contributed by atoms with Crippen LogP contribution < -0.4 is 16.0 Å². The number of amides is 3. The first-order chi connectivity index (χ1) is 9.52. The Bertz CT molecular complexity index is 472. The summed E-state index contributed by atoms with van der Waals surface area (Å²) in [5.41, 5.74) is 0.270. The second-order valence-corrected chi connectivity index (χ2v) is 4.67. The van der Waals surface area contributed by atoms with Gasteiger partial charge >= 0.3 is 6.03 Å². The Morgan fingerprint density at radius 3 is 2.60 bits per heavy atom. The van der Waals surface area contributed by atoms with Gasteiger partial charge in [0.05, 0.1) is 12.2 Å². The molecule has 0 atom stereocenters. The molecular weight excluding hydrogens is 288 g/mol. The minimum atomic E-state index is -2.57. The van der Waals surface area contributed by atoms with Crippen molar-refractivity contribution in [3.63, 3.8) is 0 Å². The quantitative estimate of drug-likeness (QED) is 0.706. The third kappa shape index (κ3) is 5.87. The number of halogens is 2. The summed E-state index contributed by atoms with van der Waals surface area (Å²) in [5, 5.41) is 7.28. The summed E-state index contributed by atoms with van der Waals surface area (Å²) in [5.74, 6) is -2.89. The summed E-state index contributed by atoms with van der Waals surface area (Å²) in [6, 6.07) is 5.59. The molecule has 0 heterocycles. The van der Waals surface area contributed by atoms with Crippen LogP contribution in [0.4, 0.5) is 19.3 Å². The van der Waals surface area contributed by atoms with Crippen LogP contribution in [-0.2, 0) is 4.79 Å². The zero-order valence-electron chi connectivity index (χ0n) is 10.8. The highest BCUT2D eigenvalue weighted by Gasteiger charge is 2.12. The predicted octanol–water partition coefficient (Wildman–Crippen LogP) is 2.26. The molecular formula is C12H15F2N3O2S. The van der Waals surface area contributed by atoms with E-state index in [1.54, 1.807) is 19.1 Å². The largest absolute Gasteiger partial charge is 0.355 e. The van der Waals surface area contributed by atoms with Crippen LogP contribution in [0.15, 0.2) is 29.2 Å². The van der Waals surface area contributed by atoms with Crippen molar-refractivity contribution in [3.8, 4) is 0 Å². The van der Waals surface area contributed by atoms with Crippen molar-refractivity contribution in [2.45, 2.75) is 17.6 Å². The van der Waals surface area contributed by atoms with Crippen LogP contribution in [0.5, 0.6) is 0 Å². The summed E-state index contributed by atoms with van der Waals surface area (Å²) in [6.45, 7) is 2.05. The van der Waals surface area contributed by atoms with Gasteiger partial charge in [0.2, 0.25) is 5.91 Å². The topological polar surface area (TPSA) is 70.2 Å². The van der Waals surface area contributed by atoms with Crippen LogP contribution in [0.1, 0.15) is 6.92 Å². The third-order valence-electron chi connectivity index (χ3n) is 2.13. The Labute approximate surface area is 119 Å². The zero-order valence-corrected chi connectivity index (χ0v) is 11.6. The van der Waals surface area contributed by atoms with Gasteiger partial charge in [-0.1, -0.05) is 23.9 Å². The van der Waals surface area contributed by atoms with Gasteiger partial charge in [-0.25, -0.2) is 4.79 Å². The molecule has 0 radical (unpaired) electrons. The number of carbonyl (C=O) groups excluding carboxylic acids is 2. The molecule has 0 bridgehead atoms. The maximum absolute atomic E-state index is 12.4. The summed E-state index contributed by atoms with van der Waals surface area (Å²) in [4.78, 5) is 23.0. The Morgan fingerprint density at radius 2 is 1.95 bits per heavy atom. The number of hydrogen-bond donors (Lipinski definition) is 3. The molecule has 0 saturated carbocycles. The van der Waals surface area contributed by atoms with Crippen molar-refractivity contribution in [1.82, 2.24) is 10.6 Å². The van der Waals surface area contributed by atoms with Gasteiger partial charge in [-0.2, -0.15) is 8.78 Å². The lowest BCUT2D eigenvalue weighted by atomic mass is 10.3. The molecule has 110 valence electrons. The number of rotatable bonds is 6. The van der Waals surface area contributed by atoms with Crippen LogP contribution in [0, 0.1) is 0 Å². The smallest absolute Gasteiger partial charge is 0.319 e. The second-order valence-electron chi connectivity index (χ2n) is 3.64. The van der Waals surface area contributed by atoms with Crippen molar-refractivity contribution < 1.29 is 18.4 Å². The van der Waals surface area contributed by atoms with E-state index in [-0.39, 0.29) is 23.0 Å². The number of nitrogens with one attached hydrogen (secondary N) is 3. The number of benzene rings is 1. The first-order valence-corrected chi connectivity index (χ1v) is 6.76. The van der Waals surface area contributed by atoms with Crippen LogP contribution in [0.3, 0.4) is 0 Å². The van der Waals surface area contributed by atoms with E-state index in [2.05, 4.69) is 16.0 Å². The lowest BCUT2D eigenvalue weighted by Gasteiger charge is -2.11. The summed E-state index contributed by atoms with van der Waals surface area (Å²) >= 11 is 0.344.